The highest BCUT2D eigenvalue weighted by Crippen LogP contribution is 2.37. The largest absolute Gasteiger partial charge is 0.478 e. The first-order valence-electron chi connectivity index (χ1n) is 4.65. The molecule has 1 aromatic carbocycles. The quantitative estimate of drug-likeness (QED) is 0.906. The maximum absolute atomic E-state index is 10.9. The van der Waals surface area contributed by atoms with Crippen LogP contribution in [0.2, 0.25) is 10.0 Å². The molecule has 17 heavy (non-hydrogen) atoms. The molecule has 0 saturated heterocycles. The molecule has 0 spiro atoms. The molecule has 0 aliphatic heterocycles. The average Bonchev–Trinajstić information content (AvgIpc) is 2.64. The molecule has 0 radical (unpaired) electrons. The number of carbonyl (C=O) groups is 1. The van der Waals surface area contributed by atoms with Crippen LogP contribution < -0.4 is 0 Å². The van der Waals surface area contributed by atoms with E-state index in [0.717, 1.165) is 0 Å². The third-order valence-electron chi connectivity index (χ3n) is 2.20. The number of nitrogens with zero attached hydrogens (tertiary/aromatic N) is 1. The summed E-state index contributed by atoms with van der Waals surface area (Å²) in [5.74, 6) is -0.773. The minimum Gasteiger partial charge on any atom is -0.478 e. The highest BCUT2D eigenvalue weighted by Gasteiger charge is 2.19. The van der Waals surface area contributed by atoms with Crippen molar-refractivity contribution in [3.05, 3.63) is 39.5 Å². The van der Waals surface area contributed by atoms with Gasteiger partial charge in [0.25, 0.3) is 0 Å². The van der Waals surface area contributed by atoms with E-state index in [1.165, 1.54) is 12.1 Å². The Morgan fingerprint density at radius 2 is 2.12 bits per heavy atom. The lowest BCUT2D eigenvalue weighted by molar-refractivity contribution is 0.0697. The van der Waals surface area contributed by atoms with Crippen molar-refractivity contribution in [3.63, 3.8) is 0 Å². The Hall–Kier alpha value is -1.52. The third kappa shape index (κ3) is 2.14. The zero-order chi connectivity index (χ0) is 12.6. The lowest BCUT2D eigenvalue weighted by Gasteiger charge is -2.05. The van der Waals surface area contributed by atoms with E-state index in [1.54, 1.807) is 13.0 Å². The number of hydrogen-bond acceptors (Lipinski definition) is 3. The van der Waals surface area contributed by atoms with Gasteiger partial charge in [0.05, 0.1) is 26.9 Å². The zero-order valence-electron chi connectivity index (χ0n) is 8.70. The van der Waals surface area contributed by atoms with E-state index in [-0.39, 0.29) is 10.6 Å². The monoisotopic (exact) mass is 271 g/mol. The Morgan fingerprint density at radius 3 is 2.65 bits per heavy atom. The van der Waals surface area contributed by atoms with Gasteiger partial charge in [0.2, 0.25) is 0 Å². The fraction of sp³-hybridized carbons (Fsp3) is 0.0909. The van der Waals surface area contributed by atoms with E-state index in [9.17, 15) is 4.79 Å². The molecule has 88 valence electrons. The Balaban J connectivity index is 2.68. The van der Waals surface area contributed by atoms with Crippen LogP contribution in [0.25, 0.3) is 11.3 Å². The van der Waals surface area contributed by atoms with Gasteiger partial charge in [-0.15, -0.1) is 0 Å². The second-order valence-electron chi connectivity index (χ2n) is 3.42. The minimum absolute atomic E-state index is 0.0277. The lowest BCUT2D eigenvalue weighted by atomic mass is 10.1. The smallest absolute Gasteiger partial charge is 0.337 e. The molecule has 0 unspecified atom stereocenters. The summed E-state index contributed by atoms with van der Waals surface area (Å²) in [7, 11) is 0. The number of aromatic carboxylic acids is 1. The van der Waals surface area contributed by atoms with Gasteiger partial charge < -0.3 is 9.63 Å². The van der Waals surface area contributed by atoms with Crippen molar-refractivity contribution in [1.82, 2.24) is 5.16 Å². The van der Waals surface area contributed by atoms with Crippen LogP contribution in [0.3, 0.4) is 0 Å². The summed E-state index contributed by atoms with van der Waals surface area (Å²) in [5.41, 5.74) is 0.974. The third-order valence-corrected chi connectivity index (χ3v) is 2.90. The second-order valence-corrected chi connectivity index (χ2v) is 4.21. The number of carboxylic acid groups (broad SMARTS) is 1. The van der Waals surface area contributed by atoms with Crippen molar-refractivity contribution < 1.29 is 14.4 Å². The van der Waals surface area contributed by atoms with Crippen molar-refractivity contribution in [2.45, 2.75) is 6.92 Å². The lowest BCUT2D eigenvalue weighted by Crippen LogP contribution is -1.98. The first kappa shape index (κ1) is 12.0. The SMILES string of the molecule is Cc1cc(-c2c(Cl)ccc(C(=O)O)c2Cl)on1. The molecule has 0 bridgehead atoms. The molecule has 1 N–H and O–H groups in total. The van der Waals surface area contributed by atoms with Crippen LogP contribution in [-0.2, 0) is 0 Å². The molecule has 6 heteroatoms. The standard InChI is InChI=1S/C11H7Cl2NO3/c1-5-4-8(17-14-5)9-7(12)3-2-6(10(9)13)11(15)16/h2-4H,1H3,(H,15,16). The highest BCUT2D eigenvalue weighted by molar-refractivity contribution is 6.40. The number of hydrogen-bond donors (Lipinski definition) is 1. The van der Waals surface area contributed by atoms with E-state index in [4.69, 9.17) is 32.8 Å². The summed E-state index contributed by atoms with van der Waals surface area (Å²) in [4.78, 5) is 10.9. The molecule has 4 nitrogen and oxygen atoms in total. The summed E-state index contributed by atoms with van der Waals surface area (Å²) >= 11 is 12.0. The fourth-order valence-electron chi connectivity index (χ4n) is 1.42. The Bertz CT molecular complexity index is 592. The molecule has 0 saturated carbocycles. The predicted molar refractivity (Wildman–Crippen MR) is 63.7 cm³/mol. The summed E-state index contributed by atoms with van der Waals surface area (Å²) < 4.78 is 5.03. The van der Waals surface area contributed by atoms with Crippen molar-refractivity contribution in [3.8, 4) is 11.3 Å². The molecule has 1 aromatic heterocycles. The Kier molecular flexibility index (Phi) is 3.09. The van der Waals surface area contributed by atoms with Crippen molar-refractivity contribution in [2.24, 2.45) is 0 Å². The first-order valence-corrected chi connectivity index (χ1v) is 5.41. The van der Waals surface area contributed by atoms with Crippen LogP contribution in [0.1, 0.15) is 16.1 Å². The molecular formula is C11H7Cl2NO3. The van der Waals surface area contributed by atoms with Crippen LogP contribution in [-0.4, -0.2) is 16.2 Å². The van der Waals surface area contributed by atoms with Crippen LogP contribution in [0.15, 0.2) is 22.7 Å². The van der Waals surface area contributed by atoms with Crippen LogP contribution in [0, 0.1) is 6.92 Å². The van der Waals surface area contributed by atoms with Gasteiger partial charge >= 0.3 is 5.97 Å². The van der Waals surface area contributed by atoms with Gasteiger partial charge in [-0.3, -0.25) is 0 Å². The van der Waals surface area contributed by atoms with E-state index in [2.05, 4.69) is 5.16 Å². The molecule has 2 rings (SSSR count). The number of aromatic nitrogens is 1. The molecule has 2 aromatic rings. The molecule has 1 heterocycles. The van der Waals surface area contributed by atoms with Crippen LogP contribution in [0.4, 0.5) is 0 Å². The van der Waals surface area contributed by atoms with Gasteiger partial charge in [0, 0.05) is 6.07 Å². The first-order chi connectivity index (χ1) is 8.00. The number of benzene rings is 1. The zero-order valence-corrected chi connectivity index (χ0v) is 10.2. The number of rotatable bonds is 2. The van der Waals surface area contributed by atoms with Crippen LogP contribution in [0.5, 0.6) is 0 Å². The highest BCUT2D eigenvalue weighted by atomic mass is 35.5. The van der Waals surface area contributed by atoms with Crippen molar-refractivity contribution in [2.75, 3.05) is 0 Å². The van der Waals surface area contributed by atoms with Crippen molar-refractivity contribution >= 4 is 29.2 Å². The average molecular weight is 272 g/mol. The molecule has 0 atom stereocenters. The molecule has 0 amide bonds. The van der Waals surface area contributed by atoms with E-state index >= 15 is 0 Å². The summed E-state index contributed by atoms with van der Waals surface area (Å²) in [5, 5.41) is 13.0. The Morgan fingerprint density at radius 1 is 1.41 bits per heavy atom. The molecule has 0 aliphatic rings. The normalized spacial score (nSPS) is 10.5. The molecule has 0 fully saturated rings. The van der Waals surface area contributed by atoms with Gasteiger partial charge in [-0.1, -0.05) is 28.4 Å². The van der Waals surface area contributed by atoms with Gasteiger partial charge in [0.1, 0.15) is 0 Å². The molecule has 0 aliphatic carbocycles. The number of halogens is 2. The molecular weight excluding hydrogens is 265 g/mol. The second kappa shape index (κ2) is 4.39. The van der Waals surface area contributed by atoms with Gasteiger partial charge in [-0.05, 0) is 19.1 Å². The van der Waals surface area contributed by atoms with Gasteiger partial charge in [0.15, 0.2) is 5.76 Å². The van der Waals surface area contributed by atoms with E-state index in [0.29, 0.717) is 22.0 Å². The Labute approximate surface area is 107 Å². The fourth-order valence-corrected chi connectivity index (χ4v) is 2.06. The van der Waals surface area contributed by atoms with Crippen molar-refractivity contribution in [1.29, 1.82) is 0 Å². The number of aryl methyl sites for hydroxylation is 1. The van der Waals surface area contributed by atoms with Crippen LogP contribution >= 0.6 is 23.2 Å². The maximum Gasteiger partial charge on any atom is 0.337 e. The van der Waals surface area contributed by atoms with Gasteiger partial charge in [-0.2, -0.15) is 0 Å². The van der Waals surface area contributed by atoms with E-state index < -0.39 is 5.97 Å². The maximum atomic E-state index is 10.9. The predicted octanol–water partition coefficient (Wildman–Crippen LogP) is 3.66. The van der Waals surface area contributed by atoms with Gasteiger partial charge in [-0.25, -0.2) is 4.79 Å². The van der Waals surface area contributed by atoms with E-state index in [1.807, 2.05) is 0 Å². The number of carboxylic acids is 1. The summed E-state index contributed by atoms with van der Waals surface area (Å²) in [6, 6.07) is 4.45. The topological polar surface area (TPSA) is 63.3 Å². The summed E-state index contributed by atoms with van der Waals surface area (Å²) in [6.45, 7) is 1.75. The summed E-state index contributed by atoms with van der Waals surface area (Å²) in [6.07, 6.45) is 0. The minimum atomic E-state index is -1.12.